The van der Waals surface area contributed by atoms with Crippen LogP contribution in [0.2, 0.25) is 0 Å². The van der Waals surface area contributed by atoms with E-state index in [2.05, 4.69) is 58.7 Å². The Morgan fingerprint density at radius 1 is 1.21 bits per heavy atom. The molecule has 5 nitrogen and oxygen atoms in total. The van der Waals surface area contributed by atoms with Crippen molar-refractivity contribution in [3.8, 4) is 11.4 Å². The second-order valence-corrected chi connectivity index (χ2v) is 7.26. The monoisotopic (exact) mass is 348 g/mol. The van der Waals surface area contributed by atoms with E-state index in [1.54, 1.807) is 0 Å². The van der Waals surface area contributed by atoms with Gasteiger partial charge in [0.25, 0.3) is 0 Å². The highest BCUT2D eigenvalue weighted by Crippen LogP contribution is 2.63. The van der Waals surface area contributed by atoms with E-state index in [1.165, 1.54) is 24.8 Å². The summed E-state index contributed by atoms with van der Waals surface area (Å²) in [5.74, 6) is 2.02. The predicted molar refractivity (Wildman–Crippen MR) is 96.3 cm³/mol. The number of aromatic nitrogens is 2. The largest absolute Gasteiger partial charge is 0.339 e. The Kier molecular flexibility index (Phi) is 4.95. The molecule has 1 saturated heterocycles. The first-order valence-corrected chi connectivity index (χ1v) is 8.45. The fourth-order valence-corrected chi connectivity index (χ4v) is 3.79. The van der Waals surface area contributed by atoms with Gasteiger partial charge in [0.1, 0.15) is 0 Å². The van der Waals surface area contributed by atoms with E-state index in [9.17, 15) is 0 Å². The minimum Gasteiger partial charge on any atom is -0.339 e. The van der Waals surface area contributed by atoms with Gasteiger partial charge in [0.2, 0.25) is 11.7 Å². The van der Waals surface area contributed by atoms with Crippen molar-refractivity contribution in [3.05, 3.63) is 35.7 Å². The molecule has 2 aromatic rings. The molecule has 2 fully saturated rings. The lowest BCUT2D eigenvalue weighted by Crippen LogP contribution is -2.29. The van der Waals surface area contributed by atoms with Gasteiger partial charge >= 0.3 is 0 Å². The van der Waals surface area contributed by atoms with Crippen LogP contribution in [0.1, 0.15) is 36.6 Å². The second kappa shape index (κ2) is 6.82. The molecule has 0 radical (unpaired) electrons. The van der Waals surface area contributed by atoms with Crippen molar-refractivity contribution >= 4 is 12.4 Å². The quantitative estimate of drug-likeness (QED) is 0.920. The number of rotatable bonds is 4. The summed E-state index contributed by atoms with van der Waals surface area (Å²) in [6.45, 7) is 3.17. The molecule has 1 aliphatic carbocycles. The van der Waals surface area contributed by atoms with Gasteiger partial charge in [0, 0.05) is 18.0 Å². The van der Waals surface area contributed by atoms with Gasteiger partial charge in [-0.1, -0.05) is 29.4 Å². The molecule has 1 saturated carbocycles. The van der Waals surface area contributed by atoms with Gasteiger partial charge in [0.05, 0.1) is 0 Å². The third-order valence-corrected chi connectivity index (χ3v) is 5.24. The van der Waals surface area contributed by atoms with Crippen molar-refractivity contribution in [1.82, 2.24) is 20.4 Å². The SMILES string of the molecule is CN(C)Cc1ccc(-c2noc(C3CC34CCNCC4)n2)cc1.Cl. The van der Waals surface area contributed by atoms with Crippen molar-refractivity contribution in [2.45, 2.75) is 31.7 Å². The van der Waals surface area contributed by atoms with Crippen LogP contribution < -0.4 is 5.32 Å². The molecule has 130 valence electrons. The highest BCUT2D eigenvalue weighted by Gasteiger charge is 2.57. The molecule has 6 heteroatoms. The zero-order valence-electron chi connectivity index (χ0n) is 14.3. The van der Waals surface area contributed by atoms with E-state index in [1.807, 2.05) is 0 Å². The lowest BCUT2D eigenvalue weighted by molar-refractivity contribution is 0.311. The van der Waals surface area contributed by atoms with Gasteiger partial charge in [0.15, 0.2) is 0 Å². The zero-order valence-corrected chi connectivity index (χ0v) is 15.1. The molecule has 1 aromatic carbocycles. The highest BCUT2D eigenvalue weighted by atomic mass is 35.5. The van der Waals surface area contributed by atoms with Crippen molar-refractivity contribution in [2.75, 3.05) is 27.2 Å². The third-order valence-electron chi connectivity index (χ3n) is 5.24. The molecule has 1 atom stereocenters. The Morgan fingerprint density at radius 3 is 2.58 bits per heavy atom. The fourth-order valence-electron chi connectivity index (χ4n) is 3.79. The van der Waals surface area contributed by atoms with Crippen molar-refractivity contribution in [3.63, 3.8) is 0 Å². The van der Waals surface area contributed by atoms with Crippen LogP contribution in [0.5, 0.6) is 0 Å². The summed E-state index contributed by atoms with van der Waals surface area (Å²) in [5.41, 5.74) is 2.76. The molecule has 1 aromatic heterocycles. The van der Waals surface area contributed by atoms with Gasteiger partial charge in [-0.3, -0.25) is 0 Å². The van der Waals surface area contributed by atoms with Crippen LogP contribution in [-0.2, 0) is 6.54 Å². The maximum atomic E-state index is 5.58. The van der Waals surface area contributed by atoms with E-state index in [0.29, 0.717) is 17.2 Å². The number of benzene rings is 1. The minimum absolute atomic E-state index is 0. The minimum atomic E-state index is 0. The van der Waals surface area contributed by atoms with Crippen LogP contribution in [0.25, 0.3) is 11.4 Å². The van der Waals surface area contributed by atoms with Crippen molar-refractivity contribution in [1.29, 1.82) is 0 Å². The standard InChI is InChI=1S/C18H24N4O.ClH/c1-22(2)12-13-3-5-14(6-4-13)16-20-17(23-21-16)15-11-18(15)7-9-19-10-8-18;/h3-6,15,19H,7-12H2,1-2H3;1H. The first-order valence-electron chi connectivity index (χ1n) is 8.45. The van der Waals surface area contributed by atoms with Crippen LogP contribution in [-0.4, -0.2) is 42.2 Å². The van der Waals surface area contributed by atoms with Crippen molar-refractivity contribution < 1.29 is 4.52 Å². The summed E-state index contributed by atoms with van der Waals surface area (Å²) in [7, 11) is 4.15. The van der Waals surface area contributed by atoms with E-state index < -0.39 is 0 Å². The first kappa shape index (κ1) is 17.4. The lowest BCUT2D eigenvalue weighted by atomic mass is 9.92. The molecule has 2 aliphatic rings. The van der Waals surface area contributed by atoms with Crippen molar-refractivity contribution in [2.24, 2.45) is 5.41 Å². The average Bonchev–Trinajstić information content (AvgIpc) is 3.02. The highest BCUT2D eigenvalue weighted by molar-refractivity contribution is 5.85. The van der Waals surface area contributed by atoms with E-state index >= 15 is 0 Å². The molecule has 1 unspecified atom stereocenters. The molecule has 1 N–H and O–H groups in total. The number of piperidine rings is 1. The summed E-state index contributed by atoms with van der Waals surface area (Å²) < 4.78 is 5.58. The first-order chi connectivity index (χ1) is 11.2. The molecule has 4 rings (SSSR count). The third kappa shape index (κ3) is 3.34. The topological polar surface area (TPSA) is 54.2 Å². The average molecular weight is 349 g/mol. The number of halogens is 1. The summed E-state index contributed by atoms with van der Waals surface area (Å²) in [5, 5.41) is 7.64. The Morgan fingerprint density at radius 2 is 1.92 bits per heavy atom. The lowest BCUT2D eigenvalue weighted by Gasteiger charge is -2.22. The van der Waals surface area contributed by atoms with Gasteiger partial charge in [-0.25, -0.2) is 0 Å². The molecule has 0 amide bonds. The smallest absolute Gasteiger partial charge is 0.230 e. The van der Waals surface area contributed by atoms with E-state index in [-0.39, 0.29) is 12.4 Å². The van der Waals surface area contributed by atoms with Gasteiger partial charge in [-0.05, 0) is 57.4 Å². The number of hydrogen-bond donors (Lipinski definition) is 1. The second-order valence-electron chi connectivity index (χ2n) is 7.26. The summed E-state index contributed by atoms with van der Waals surface area (Å²) in [6.07, 6.45) is 3.67. The number of nitrogens with one attached hydrogen (secondary N) is 1. The van der Waals surface area contributed by atoms with Gasteiger partial charge < -0.3 is 14.7 Å². The van der Waals surface area contributed by atoms with E-state index in [4.69, 9.17) is 4.52 Å². The van der Waals surface area contributed by atoms with Crippen LogP contribution in [0.3, 0.4) is 0 Å². The van der Waals surface area contributed by atoms with Crippen LogP contribution in [0.15, 0.2) is 28.8 Å². The fraction of sp³-hybridized carbons (Fsp3) is 0.556. The van der Waals surface area contributed by atoms with Gasteiger partial charge in [-0.2, -0.15) is 4.98 Å². The molecule has 1 aliphatic heterocycles. The van der Waals surface area contributed by atoms with Gasteiger partial charge in [-0.15, -0.1) is 12.4 Å². The maximum absolute atomic E-state index is 5.58. The van der Waals surface area contributed by atoms with E-state index in [0.717, 1.165) is 31.1 Å². The Bertz CT molecular complexity index is 677. The molecular weight excluding hydrogens is 324 g/mol. The summed E-state index contributed by atoms with van der Waals surface area (Å²) in [6, 6.07) is 8.44. The normalized spacial score (nSPS) is 21.7. The number of nitrogens with zero attached hydrogens (tertiary/aromatic N) is 3. The number of hydrogen-bond acceptors (Lipinski definition) is 5. The molecular formula is C18H25ClN4O. The van der Waals surface area contributed by atoms with Crippen LogP contribution in [0.4, 0.5) is 0 Å². The molecule has 1 spiro atoms. The predicted octanol–water partition coefficient (Wildman–Crippen LogP) is 3.08. The van der Waals surface area contributed by atoms with Crippen LogP contribution in [0, 0.1) is 5.41 Å². The summed E-state index contributed by atoms with van der Waals surface area (Å²) in [4.78, 5) is 6.83. The van der Waals surface area contributed by atoms with Crippen LogP contribution >= 0.6 is 12.4 Å². The Hall–Kier alpha value is -1.43. The summed E-state index contributed by atoms with van der Waals surface area (Å²) >= 11 is 0. The Labute approximate surface area is 149 Å². The molecule has 0 bridgehead atoms. The molecule has 2 heterocycles. The maximum Gasteiger partial charge on any atom is 0.230 e. The molecule has 24 heavy (non-hydrogen) atoms. The zero-order chi connectivity index (χ0) is 15.9. The Balaban J connectivity index is 0.00000169.